The summed E-state index contributed by atoms with van der Waals surface area (Å²) in [6, 6.07) is 17.3. The van der Waals surface area contributed by atoms with E-state index in [0.29, 0.717) is 22.6 Å². The molecule has 0 unspecified atom stereocenters. The highest BCUT2D eigenvalue weighted by molar-refractivity contribution is 7.80. The summed E-state index contributed by atoms with van der Waals surface area (Å²) >= 11 is 11.2. The zero-order valence-electron chi connectivity index (χ0n) is 12.1. The maximum Gasteiger partial charge on any atom is 0.248 e. The second kappa shape index (κ2) is 7.21. The average molecular weight is 344 g/mol. The van der Waals surface area contributed by atoms with E-state index in [2.05, 4.69) is 20.7 Å². The van der Waals surface area contributed by atoms with Crippen LogP contribution in [0, 0.1) is 0 Å². The van der Waals surface area contributed by atoms with Gasteiger partial charge in [-0.05, 0) is 42.0 Å². The van der Waals surface area contributed by atoms with Crippen LogP contribution in [0.25, 0.3) is 0 Å². The number of hydrogen-bond donors (Lipinski definition) is 2. The molecule has 0 saturated carbocycles. The minimum atomic E-state index is 0.441. The number of hydrogen-bond acceptors (Lipinski definition) is 3. The van der Waals surface area contributed by atoms with Crippen LogP contribution in [-0.2, 0) is 6.54 Å². The lowest BCUT2D eigenvalue weighted by Gasteiger charge is -2.07. The Hall–Kier alpha value is -2.44. The number of halogens is 1. The second-order valence-corrected chi connectivity index (χ2v) is 5.69. The molecule has 23 heavy (non-hydrogen) atoms. The monoisotopic (exact) mass is 343 g/mol. The number of thiocarbonyl (C=S) groups is 1. The molecule has 2 N–H and O–H groups in total. The zero-order chi connectivity index (χ0) is 16.1. The maximum atomic E-state index is 5.98. The molecule has 0 bridgehead atoms. The van der Waals surface area contributed by atoms with Gasteiger partial charge >= 0.3 is 0 Å². The van der Waals surface area contributed by atoms with E-state index in [1.165, 1.54) is 0 Å². The molecule has 2 aromatic carbocycles. The average Bonchev–Trinajstić information content (AvgIpc) is 2.95. The van der Waals surface area contributed by atoms with Gasteiger partial charge in [0.25, 0.3) is 0 Å². The fraction of sp³-hybridized carbons (Fsp3) is 0.0625. The summed E-state index contributed by atoms with van der Waals surface area (Å²) in [5.74, 6) is 0.445. The molecule has 0 amide bonds. The van der Waals surface area contributed by atoms with Gasteiger partial charge in [0.1, 0.15) is 6.33 Å². The fourth-order valence-electron chi connectivity index (χ4n) is 2.04. The molecule has 0 atom stereocenters. The van der Waals surface area contributed by atoms with Gasteiger partial charge in [0.05, 0.1) is 6.54 Å². The molecule has 0 aliphatic rings. The van der Waals surface area contributed by atoms with E-state index in [1.807, 2.05) is 54.6 Å². The Morgan fingerprint density at radius 2 is 1.91 bits per heavy atom. The Bertz CT molecular complexity index is 803. The van der Waals surface area contributed by atoms with Gasteiger partial charge in [0.2, 0.25) is 5.95 Å². The van der Waals surface area contributed by atoms with Gasteiger partial charge in [0.15, 0.2) is 5.11 Å². The number of nitrogens with one attached hydrogen (secondary N) is 2. The van der Waals surface area contributed by atoms with Crippen LogP contribution in [0.15, 0.2) is 60.9 Å². The van der Waals surface area contributed by atoms with Crippen molar-refractivity contribution in [2.45, 2.75) is 6.54 Å². The number of benzene rings is 2. The summed E-state index contributed by atoms with van der Waals surface area (Å²) < 4.78 is 1.72. The van der Waals surface area contributed by atoms with Gasteiger partial charge in [0, 0.05) is 10.7 Å². The Morgan fingerprint density at radius 1 is 1.09 bits per heavy atom. The SMILES string of the molecule is S=C(Nc1ccccc1)Nc1ncn(Cc2cccc(Cl)c2)n1. The third-order valence-electron chi connectivity index (χ3n) is 3.03. The van der Waals surface area contributed by atoms with E-state index in [-0.39, 0.29) is 0 Å². The molecule has 7 heteroatoms. The summed E-state index contributed by atoms with van der Waals surface area (Å²) in [6.07, 6.45) is 1.65. The first-order chi connectivity index (χ1) is 11.2. The first kappa shape index (κ1) is 15.5. The van der Waals surface area contributed by atoms with Crippen LogP contribution in [0.4, 0.5) is 11.6 Å². The van der Waals surface area contributed by atoms with Crippen LogP contribution in [-0.4, -0.2) is 19.9 Å². The summed E-state index contributed by atoms with van der Waals surface area (Å²) in [4.78, 5) is 4.20. The lowest BCUT2D eigenvalue weighted by Crippen LogP contribution is -2.20. The normalized spacial score (nSPS) is 10.3. The lowest BCUT2D eigenvalue weighted by atomic mass is 10.2. The predicted octanol–water partition coefficient (Wildman–Crippen LogP) is 3.79. The van der Waals surface area contributed by atoms with Crippen LogP contribution in [0.1, 0.15) is 5.56 Å². The number of anilines is 2. The van der Waals surface area contributed by atoms with Crippen molar-refractivity contribution in [3.05, 3.63) is 71.5 Å². The van der Waals surface area contributed by atoms with Crippen molar-refractivity contribution in [1.82, 2.24) is 14.8 Å². The van der Waals surface area contributed by atoms with Crippen LogP contribution >= 0.6 is 23.8 Å². The first-order valence-electron chi connectivity index (χ1n) is 6.96. The third kappa shape index (κ3) is 4.51. The molecule has 0 spiro atoms. The van der Waals surface area contributed by atoms with E-state index in [1.54, 1.807) is 11.0 Å². The van der Waals surface area contributed by atoms with Crippen molar-refractivity contribution in [3.8, 4) is 0 Å². The Labute approximate surface area is 144 Å². The number of rotatable bonds is 4. The third-order valence-corrected chi connectivity index (χ3v) is 3.47. The molecule has 0 aliphatic carbocycles. The minimum absolute atomic E-state index is 0.441. The van der Waals surface area contributed by atoms with Gasteiger partial charge in [-0.1, -0.05) is 41.9 Å². The van der Waals surface area contributed by atoms with E-state index in [4.69, 9.17) is 23.8 Å². The van der Waals surface area contributed by atoms with Crippen LogP contribution in [0.5, 0.6) is 0 Å². The first-order valence-corrected chi connectivity index (χ1v) is 7.74. The largest absolute Gasteiger partial charge is 0.332 e. The van der Waals surface area contributed by atoms with Gasteiger partial charge in [-0.25, -0.2) is 9.67 Å². The maximum absolute atomic E-state index is 5.98. The van der Waals surface area contributed by atoms with Crippen molar-refractivity contribution < 1.29 is 0 Å². The Kier molecular flexibility index (Phi) is 4.85. The van der Waals surface area contributed by atoms with Crippen molar-refractivity contribution in [2.24, 2.45) is 0 Å². The molecule has 0 saturated heterocycles. The highest BCUT2D eigenvalue weighted by Crippen LogP contribution is 2.12. The summed E-state index contributed by atoms with van der Waals surface area (Å²) in [5, 5.41) is 11.5. The molecule has 0 fully saturated rings. The molecule has 1 heterocycles. The van der Waals surface area contributed by atoms with Crippen LogP contribution in [0.2, 0.25) is 5.02 Å². The van der Waals surface area contributed by atoms with Crippen molar-refractivity contribution in [3.63, 3.8) is 0 Å². The standard InChI is InChI=1S/C16H14ClN5S/c17-13-6-4-5-12(9-13)10-22-11-18-15(21-22)20-16(23)19-14-7-2-1-3-8-14/h1-9,11H,10H2,(H2,19,20,21,23). The minimum Gasteiger partial charge on any atom is -0.332 e. The van der Waals surface area contributed by atoms with Gasteiger partial charge in [-0.15, -0.1) is 5.10 Å². The molecule has 0 aliphatic heterocycles. The number of aromatic nitrogens is 3. The molecule has 5 nitrogen and oxygen atoms in total. The van der Waals surface area contributed by atoms with E-state index < -0.39 is 0 Å². The molecule has 116 valence electrons. The number of nitrogens with zero attached hydrogens (tertiary/aromatic N) is 3. The molecular weight excluding hydrogens is 330 g/mol. The quantitative estimate of drug-likeness (QED) is 0.706. The molecule has 1 aromatic heterocycles. The summed E-state index contributed by atoms with van der Waals surface area (Å²) in [7, 11) is 0. The zero-order valence-corrected chi connectivity index (χ0v) is 13.7. The summed E-state index contributed by atoms with van der Waals surface area (Å²) in [6.45, 7) is 0.591. The predicted molar refractivity (Wildman–Crippen MR) is 96.9 cm³/mol. The Morgan fingerprint density at radius 3 is 2.70 bits per heavy atom. The molecule has 0 radical (unpaired) electrons. The van der Waals surface area contributed by atoms with Crippen LogP contribution in [0.3, 0.4) is 0 Å². The highest BCUT2D eigenvalue weighted by Gasteiger charge is 2.04. The second-order valence-electron chi connectivity index (χ2n) is 4.84. The molecule has 3 aromatic rings. The van der Waals surface area contributed by atoms with E-state index in [9.17, 15) is 0 Å². The highest BCUT2D eigenvalue weighted by atomic mass is 35.5. The smallest absolute Gasteiger partial charge is 0.248 e. The van der Waals surface area contributed by atoms with Crippen LogP contribution < -0.4 is 10.6 Å². The van der Waals surface area contributed by atoms with Crippen molar-refractivity contribution >= 4 is 40.6 Å². The lowest BCUT2D eigenvalue weighted by molar-refractivity contribution is 0.687. The molecule has 3 rings (SSSR count). The summed E-state index contributed by atoms with van der Waals surface area (Å²) in [5.41, 5.74) is 1.96. The number of para-hydroxylation sites is 1. The van der Waals surface area contributed by atoms with E-state index >= 15 is 0 Å². The topological polar surface area (TPSA) is 54.8 Å². The van der Waals surface area contributed by atoms with Crippen molar-refractivity contribution in [2.75, 3.05) is 10.6 Å². The van der Waals surface area contributed by atoms with Gasteiger partial charge in [-0.3, -0.25) is 5.32 Å². The fourth-order valence-corrected chi connectivity index (χ4v) is 2.46. The van der Waals surface area contributed by atoms with Crippen molar-refractivity contribution in [1.29, 1.82) is 0 Å². The van der Waals surface area contributed by atoms with Gasteiger partial charge < -0.3 is 5.32 Å². The Balaban J connectivity index is 1.60. The van der Waals surface area contributed by atoms with Gasteiger partial charge in [-0.2, -0.15) is 0 Å². The molecular formula is C16H14ClN5S. The van der Waals surface area contributed by atoms with E-state index in [0.717, 1.165) is 11.3 Å².